The molecule has 2 aromatic rings. The molecule has 0 aromatic heterocycles. The highest BCUT2D eigenvalue weighted by atomic mass is 32.2. The maximum atomic E-state index is 12.7. The summed E-state index contributed by atoms with van der Waals surface area (Å²) in [6.45, 7) is 4.34. The first-order valence-electron chi connectivity index (χ1n) is 11.0. The monoisotopic (exact) mass is 444 g/mol. The van der Waals surface area contributed by atoms with Crippen molar-refractivity contribution < 1.29 is 17.9 Å². The van der Waals surface area contributed by atoms with E-state index in [1.165, 1.54) is 0 Å². The van der Waals surface area contributed by atoms with Crippen LogP contribution in [0.3, 0.4) is 0 Å². The lowest BCUT2D eigenvalue weighted by molar-refractivity contribution is -0.121. The van der Waals surface area contributed by atoms with Crippen LogP contribution in [0.25, 0.3) is 0 Å². The third-order valence-corrected chi connectivity index (χ3v) is 7.33. The molecule has 0 radical (unpaired) electrons. The van der Waals surface area contributed by atoms with Gasteiger partial charge in [0, 0.05) is 26.1 Å². The second-order valence-corrected chi connectivity index (χ2v) is 9.92. The van der Waals surface area contributed by atoms with E-state index in [9.17, 15) is 13.2 Å². The Hall–Kier alpha value is -2.38. The quantitative estimate of drug-likeness (QED) is 0.567. The third kappa shape index (κ3) is 7.08. The van der Waals surface area contributed by atoms with Gasteiger partial charge in [-0.1, -0.05) is 30.7 Å². The first-order valence-corrected chi connectivity index (χ1v) is 12.4. The summed E-state index contributed by atoms with van der Waals surface area (Å²) in [5.41, 5.74) is 2.11. The molecule has 0 atom stereocenters. The van der Waals surface area contributed by atoms with E-state index in [1.54, 1.807) is 28.6 Å². The van der Waals surface area contributed by atoms with Crippen LogP contribution in [0.5, 0.6) is 5.75 Å². The molecule has 0 spiro atoms. The summed E-state index contributed by atoms with van der Waals surface area (Å²) < 4.78 is 32.6. The lowest BCUT2D eigenvalue weighted by atomic mass is 10.1. The molecule has 1 aliphatic rings. The van der Waals surface area contributed by atoms with Crippen molar-refractivity contribution in [3.05, 3.63) is 59.7 Å². The van der Waals surface area contributed by atoms with E-state index in [0.717, 1.165) is 42.6 Å². The van der Waals surface area contributed by atoms with E-state index in [4.69, 9.17) is 4.74 Å². The molecule has 6 nitrogen and oxygen atoms in total. The number of ether oxygens (including phenoxy) is 1. The van der Waals surface area contributed by atoms with Gasteiger partial charge in [-0.3, -0.25) is 4.79 Å². The molecule has 1 saturated heterocycles. The molecule has 1 aliphatic heterocycles. The van der Waals surface area contributed by atoms with Gasteiger partial charge in [0.1, 0.15) is 5.75 Å². The van der Waals surface area contributed by atoms with Gasteiger partial charge in [0.2, 0.25) is 15.9 Å². The molecule has 1 N–H and O–H groups in total. The summed E-state index contributed by atoms with van der Waals surface area (Å²) >= 11 is 0. The van der Waals surface area contributed by atoms with E-state index >= 15 is 0 Å². The Bertz CT molecular complexity index is 952. The van der Waals surface area contributed by atoms with Crippen molar-refractivity contribution >= 4 is 15.9 Å². The summed E-state index contributed by atoms with van der Waals surface area (Å²) in [5.74, 6) is 0.831. The van der Waals surface area contributed by atoms with Crippen LogP contribution < -0.4 is 10.1 Å². The van der Waals surface area contributed by atoms with Crippen LogP contribution in [-0.2, 0) is 21.2 Å². The summed E-state index contributed by atoms with van der Waals surface area (Å²) in [6, 6.07) is 14.8. The number of nitrogens with one attached hydrogen (secondary N) is 1. The maximum Gasteiger partial charge on any atom is 0.243 e. The molecule has 7 heteroatoms. The minimum atomic E-state index is -3.41. The Morgan fingerprint density at radius 1 is 1.06 bits per heavy atom. The highest BCUT2D eigenvalue weighted by Crippen LogP contribution is 2.21. The standard InChI is InChI=1S/C24H32N2O4S/c1-20-7-5-8-22(19-20)30-18-6-15-25-24(27)14-11-21-9-12-23(13-10-21)31(28,29)26-16-3-2-4-17-26/h5,7-10,12-13,19H,2-4,6,11,14-18H2,1H3,(H,25,27). The maximum absolute atomic E-state index is 12.7. The Morgan fingerprint density at radius 3 is 2.52 bits per heavy atom. The Morgan fingerprint density at radius 2 is 1.81 bits per heavy atom. The van der Waals surface area contributed by atoms with Crippen molar-refractivity contribution in [3.8, 4) is 5.75 Å². The van der Waals surface area contributed by atoms with Crippen LogP contribution in [0.1, 0.15) is 43.2 Å². The molecule has 0 unspecified atom stereocenters. The lowest BCUT2D eigenvalue weighted by Crippen LogP contribution is -2.35. The highest BCUT2D eigenvalue weighted by Gasteiger charge is 2.25. The van der Waals surface area contributed by atoms with E-state index in [1.807, 2.05) is 31.2 Å². The van der Waals surface area contributed by atoms with Gasteiger partial charge in [0.25, 0.3) is 0 Å². The predicted molar refractivity (Wildman–Crippen MR) is 122 cm³/mol. The van der Waals surface area contributed by atoms with Crippen molar-refractivity contribution in [2.24, 2.45) is 0 Å². The van der Waals surface area contributed by atoms with Gasteiger partial charge in [0.15, 0.2) is 0 Å². The topological polar surface area (TPSA) is 75.7 Å². The lowest BCUT2D eigenvalue weighted by Gasteiger charge is -2.25. The predicted octanol–water partition coefficient (Wildman–Crippen LogP) is 3.69. The molecule has 1 amide bonds. The number of carbonyl (C=O) groups excluding carboxylic acids is 1. The van der Waals surface area contributed by atoms with Gasteiger partial charge in [-0.15, -0.1) is 0 Å². The summed E-state index contributed by atoms with van der Waals surface area (Å²) in [4.78, 5) is 12.4. The Kier molecular flexibility index (Phi) is 8.49. The average molecular weight is 445 g/mol. The molecule has 0 bridgehead atoms. The number of rotatable bonds is 10. The molecule has 1 fully saturated rings. The zero-order chi connectivity index (χ0) is 22.1. The smallest absolute Gasteiger partial charge is 0.243 e. The number of piperidine rings is 1. The number of benzene rings is 2. The molecular weight excluding hydrogens is 412 g/mol. The largest absolute Gasteiger partial charge is 0.494 e. The minimum Gasteiger partial charge on any atom is -0.494 e. The summed E-state index contributed by atoms with van der Waals surface area (Å²) in [6.07, 6.45) is 4.62. The molecule has 2 aromatic carbocycles. The van der Waals surface area contributed by atoms with Crippen molar-refractivity contribution in [1.82, 2.24) is 9.62 Å². The molecule has 3 rings (SSSR count). The Balaban J connectivity index is 1.36. The van der Waals surface area contributed by atoms with Crippen LogP contribution in [0, 0.1) is 6.92 Å². The number of hydrogen-bond acceptors (Lipinski definition) is 4. The van der Waals surface area contributed by atoms with Crippen LogP contribution >= 0.6 is 0 Å². The zero-order valence-electron chi connectivity index (χ0n) is 18.2. The number of nitrogens with zero attached hydrogens (tertiary/aromatic N) is 1. The second kappa shape index (κ2) is 11.3. The van der Waals surface area contributed by atoms with Crippen molar-refractivity contribution in [1.29, 1.82) is 0 Å². The number of carbonyl (C=O) groups is 1. The van der Waals surface area contributed by atoms with Crippen LogP contribution in [0.15, 0.2) is 53.4 Å². The average Bonchev–Trinajstić information content (AvgIpc) is 2.78. The van der Waals surface area contributed by atoms with Gasteiger partial charge in [-0.2, -0.15) is 4.31 Å². The highest BCUT2D eigenvalue weighted by molar-refractivity contribution is 7.89. The van der Waals surface area contributed by atoms with Crippen molar-refractivity contribution in [2.45, 2.75) is 50.3 Å². The van der Waals surface area contributed by atoms with E-state index in [-0.39, 0.29) is 5.91 Å². The Labute approximate surface area is 185 Å². The fourth-order valence-electron chi connectivity index (χ4n) is 3.62. The molecule has 31 heavy (non-hydrogen) atoms. The minimum absolute atomic E-state index is 0.0134. The summed E-state index contributed by atoms with van der Waals surface area (Å²) in [5, 5.41) is 2.91. The normalized spacial score (nSPS) is 14.9. The zero-order valence-corrected chi connectivity index (χ0v) is 19.0. The second-order valence-electron chi connectivity index (χ2n) is 7.98. The van der Waals surface area contributed by atoms with Gasteiger partial charge >= 0.3 is 0 Å². The first-order chi connectivity index (χ1) is 14.9. The first kappa shape index (κ1) is 23.3. The molecule has 0 aliphatic carbocycles. The van der Waals surface area contributed by atoms with Gasteiger partial charge < -0.3 is 10.1 Å². The molecule has 168 valence electrons. The van der Waals surface area contributed by atoms with E-state index < -0.39 is 10.0 Å². The molecular formula is C24H32N2O4S. The van der Waals surface area contributed by atoms with Gasteiger partial charge in [-0.05, 0) is 68.0 Å². The number of sulfonamides is 1. The van der Waals surface area contributed by atoms with Crippen molar-refractivity contribution in [2.75, 3.05) is 26.2 Å². The number of amides is 1. The SMILES string of the molecule is Cc1cccc(OCCCNC(=O)CCc2ccc(S(=O)(=O)N3CCCCC3)cc2)c1. The number of aryl methyl sites for hydroxylation is 2. The van der Waals surface area contributed by atoms with Gasteiger partial charge in [0.05, 0.1) is 11.5 Å². The van der Waals surface area contributed by atoms with Crippen molar-refractivity contribution in [3.63, 3.8) is 0 Å². The number of hydrogen-bond donors (Lipinski definition) is 1. The molecule has 1 heterocycles. The third-order valence-electron chi connectivity index (χ3n) is 5.42. The van der Waals surface area contributed by atoms with Crippen LogP contribution in [0.4, 0.5) is 0 Å². The van der Waals surface area contributed by atoms with Crippen LogP contribution in [0.2, 0.25) is 0 Å². The fraction of sp³-hybridized carbons (Fsp3) is 0.458. The fourth-order valence-corrected chi connectivity index (χ4v) is 5.14. The van der Waals surface area contributed by atoms with E-state index in [0.29, 0.717) is 44.0 Å². The van der Waals surface area contributed by atoms with Gasteiger partial charge in [-0.25, -0.2) is 8.42 Å². The van der Waals surface area contributed by atoms with E-state index in [2.05, 4.69) is 5.32 Å². The summed E-state index contributed by atoms with van der Waals surface area (Å²) in [7, 11) is -3.41. The van der Waals surface area contributed by atoms with Crippen LogP contribution in [-0.4, -0.2) is 44.9 Å². The molecule has 0 saturated carbocycles.